The zero-order chi connectivity index (χ0) is 21.4. The van der Waals surface area contributed by atoms with Crippen molar-refractivity contribution in [2.24, 2.45) is 0 Å². The maximum absolute atomic E-state index is 12.2. The predicted octanol–water partition coefficient (Wildman–Crippen LogP) is 3.64. The van der Waals surface area contributed by atoms with Gasteiger partial charge in [-0.2, -0.15) is 5.26 Å². The summed E-state index contributed by atoms with van der Waals surface area (Å²) in [6.07, 6.45) is 1.33. The lowest BCUT2D eigenvalue weighted by Gasteiger charge is -2.05. The van der Waals surface area contributed by atoms with Crippen LogP contribution < -0.4 is 4.74 Å². The normalized spacial score (nSPS) is 10.7. The largest absolute Gasteiger partial charge is 0.494 e. The number of nitrogens with zero attached hydrogens (tertiary/aromatic N) is 2. The molecule has 148 valence electrons. The molecule has 2 aromatic carbocycles. The zero-order valence-corrected chi connectivity index (χ0v) is 15.9. The molecule has 2 rings (SSSR count). The van der Waals surface area contributed by atoms with Crippen molar-refractivity contribution in [1.29, 1.82) is 5.26 Å². The molecule has 0 aromatic heterocycles. The van der Waals surface area contributed by atoms with E-state index in [9.17, 15) is 25.0 Å². The molecule has 0 radical (unpaired) electrons. The molecule has 8 nitrogen and oxygen atoms in total. The van der Waals surface area contributed by atoms with Crippen molar-refractivity contribution in [2.75, 3.05) is 13.2 Å². The van der Waals surface area contributed by atoms with Gasteiger partial charge in [-0.3, -0.25) is 14.9 Å². The number of Topliss-reactive ketones (excluding diaryl/α,β-unsaturated/α-hetero) is 1. The van der Waals surface area contributed by atoms with E-state index in [4.69, 9.17) is 9.47 Å². The molecule has 2 aromatic rings. The van der Waals surface area contributed by atoms with Gasteiger partial charge in [-0.15, -0.1) is 0 Å². The van der Waals surface area contributed by atoms with Crippen molar-refractivity contribution in [1.82, 2.24) is 0 Å². The monoisotopic (exact) mass is 394 g/mol. The predicted molar refractivity (Wildman–Crippen MR) is 104 cm³/mol. The average Bonchev–Trinajstić information content (AvgIpc) is 2.71. The maximum atomic E-state index is 12.2. The fraction of sp³-hybridized carbons (Fsp3) is 0.190. The highest BCUT2D eigenvalue weighted by Gasteiger charge is 2.18. The Morgan fingerprint density at radius 2 is 1.90 bits per heavy atom. The molecule has 0 spiro atoms. The number of aryl methyl sites for hydroxylation is 1. The highest BCUT2D eigenvalue weighted by atomic mass is 16.6. The SMILES string of the molecule is CCOc1ccc(/C=C(\C#N)C(=O)OCC(=O)c2ccc(C)c([N+](=O)[O-])c2)cc1. The van der Waals surface area contributed by atoms with Gasteiger partial charge in [0, 0.05) is 17.2 Å². The van der Waals surface area contributed by atoms with E-state index in [0.717, 1.165) is 6.07 Å². The standard InChI is InChI=1S/C21H18N2O6/c1-3-28-18-8-5-15(6-9-18)10-17(12-22)21(25)29-13-20(24)16-7-4-14(2)19(11-16)23(26)27/h4-11H,3,13H2,1-2H3/b17-10+. The van der Waals surface area contributed by atoms with Crippen LogP contribution in [0.1, 0.15) is 28.4 Å². The van der Waals surface area contributed by atoms with Gasteiger partial charge in [0.2, 0.25) is 5.78 Å². The molecule has 0 saturated heterocycles. The van der Waals surface area contributed by atoms with Crippen LogP contribution in [0.3, 0.4) is 0 Å². The number of ether oxygens (including phenoxy) is 2. The van der Waals surface area contributed by atoms with E-state index in [2.05, 4.69) is 0 Å². The quantitative estimate of drug-likeness (QED) is 0.167. The molecule has 0 aliphatic carbocycles. The van der Waals surface area contributed by atoms with Gasteiger partial charge in [0.25, 0.3) is 5.69 Å². The van der Waals surface area contributed by atoms with Gasteiger partial charge >= 0.3 is 5.97 Å². The number of hydrogen-bond donors (Lipinski definition) is 0. The molecule has 0 unspecified atom stereocenters. The van der Waals surface area contributed by atoms with Crippen LogP contribution in [-0.2, 0) is 9.53 Å². The first-order valence-corrected chi connectivity index (χ1v) is 8.65. The number of nitro benzene ring substituents is 1. The number of carbonyl (C=O) groups is 2. The van der Waals surface area contributed by atoms with Crippen LogP contribution in [0.25, 0.3) is 6.08 Å². The van der Waals surface area contributed by atoms with E-state index < -0.39 is 23.3 Å². The first kappa shape index (κ1) is 21.3. The maximum Gasteiger partial charge on any atom is 0.349 e. The summed E-state index contributed by atoms with van der Waals surface area (Å²) in [6.45, 7) is 3.29. The van der Waals surface area contributed by atoms with Gasteiger partial charge in [0.05, 0.1) is 11.5 Å². The second kappa shape index (κ2) is 9.80. The molecular formula is C21H18N2O6. The zero-order valence-electron chi connectivity index (χ0n) is 15.9. The van der Waals surface area contributed by atoms with Crippen LogP contribution in [0, 0.1) is 28.4 Å². The van der Waals surface area contributed by atoms with Crippen LogP contribution in [0.5, 0.6) is 5.75 Å². The van der Waals surface area contributed by atoms with Gasteiger partial charge in [-0.1, -0.05) is 24.3 Å². The highest BCUT2D eigenvalue weighted by molar-refractivity contribution is 6.02. The molecule has 0 amide bonds. The smallest absolute Gasteiger partial charge is 0.349 e. The molecule has 0 aliphatic rings. The number of rotatable bonds is 8. The second-order valence-corrected chi connectivity index (χ2v) is 5.93. The lowest BCUT2D eigenvalue weighted by molar-refractivity contribution is -0.385. The lowest BCUT2D eigenvalue weighted by Crippen LogP contribution is -2.15. The van der Waals surface area contributed by atoms with Crippen molar-refractivity contribution in [2.45, 2.75) is 13.8 Å². The molecule has 8 heteroatoms. The summed E-state index contributed by atoms with van der Waals surface area (Å²) in [5.74, 6) is -0.917. The van der Waals surface area contributed by atoms with Crippen LogP contribution >= 0.6 is 0 Å². The summed E-state index contributed by atoms with van der Waals surface area (Å²) >= 11 is 0. The topological polar surface area (TPSA) is 120 Å². The van der Waals surface area contributed by atoms with E-state index in [1.807, 2.05) is 6.92 Å². The molecule has 0 bridgehead atoms. The first-order valence-electron chi connectivity index (χ1n) is 8.65. The number of ketones is 1. The van der Waals surface area contributed by atoms with Gasteiger partial charge in [-0.05, 0) is 37.6 Å². The number of nitriles is 1. The Morgan fingerprint density at radius 1 is 1.21 bits per heavy atom. The first-order chi connectivity index (χ1) is 13.8. The van der Waals surface area contributed by atoms with E-state index >= 15 is 0 Å². The minimum Gasteiger partial charge on any atom is -0.494 e. The molecule has 0 aliphatic heterocycles. The van der Waals surface area contributed by atoms with Gasteiger partial charge < -0.3 is 9.47 Å². The Balaban J connectivity index is 2.06. The third-order valence-electron chi connectivity index (χ3n) is 3.90. The Labute approximate surface area is 167 Å². The lowest BCUT2D eigenvalue weighted by atomic mass is 10.1. The molecule has 29 heavy (non-hydrogen) atoms. The van der Waals surface area contributed by atoms with Crippen LogP contribution in [0.2, 0.25) is 0 Å². The van der Waals surface area contributed by atoms with Gasteiger partial charge in [0.1, 0.15) is 17.4 Å². The highest BCUT2D eigenvalue weighted by Crippen LogP contribution is 2.20. The van der Waals surface area contributed by atoms with Crippen LogP contribution in [-0.4, -0.2) is 29.9 Å². The van der Waals surface area contributed by atoms with Gasteiger partial charge in [0.15, 0.2) is 6.61 Å². The number of carbonyl (C=O) groups excluding carboxylic acids is 2. The van der Waals surface area contributed by atoms with Crippen LogP contribution in [0.4, 0.5) is 5.69 Å². The van der Waals surface area contributed by atoms with Gasteiger partial charge in [-0.25, -0.2) is 4.79 Å². The fourth-order valence-electron chi connectivity index (χ4n) is 2.40. The number of esters is 1. The van der Waals surface area contributed by atoms with Crippen molar-refractivity contribution in [3.8, 4) is 11.8 Å². The molecule has 0 heterocycles. The summed E-state index contributed by atoms with van der Waals surface area (Å²) in [7, 11) is 0. The molecular weight excluding hydrogens is 376 g/mol. The summed E-state index contributed by atoms with van der Waals surface area (Å²) in [5, 5.41) is 20.2. The van der Waals surface area contributed by atoms with Crippen molar-refractivity contribution in [3.05, 3.63) is 74.8 Å². The van der Waals surface area contributed by atoms with E-state index in [0.29, 0.717) is 23.5 Å². The van der Waals surface area contributed by atoms with E-state index in [-0.39, 0.29) is 16.8 Å². The van der Waals surface area contributed by atoms with Crippen LogP contribution in [0.15, 0.2) is 48.0 Å². The average molecular weight is 394 g/mol. The fourth-order valence-corrected chi connectivity index (χ4v) is 2.40. The molecule has 0 saturated carbocycles. The molecule has 0 fully saturated rings. The second-order valence-electron chi connectivity index (χ2n) is 5.93. The number of hydrogen-bond acceptors (Lipinski definition) is 7. The third kappa shape index (κ3) is 5.74. The van der Waals surface area contributed by atoms with Crippen molar-refractivity contribution >= 4 is 23.5 Å². The van der Waals surface area contributed by atoms with Crippen molar-refractivity contribution in [3.63, 3.8) is 0 Å². The molecule has 0 N–H and O–H groups in total. The number of nitro groups is 1. The Hall–Kier alpha value is -3.99. The van der Waals surface area contributed by atoms with Crippen molar-refractivity contribution < 1.29 is 24.0 Å². The summed E-state index contributed by atoms with van der Waals surface area (Å²) in [5.41, 5.74) is 0.562. The Morgan fingerprint density at radius 3 is 2.48 bits per heavy atom. The Bertz CT molecular complexity index is 1000. The minimum absolute atomic E-state index is 0.0455. The summed E-state index contributed by atoms with van der Waals surface area (Å²) in [6, 6.07) is 12.5. The number of benzene rings is 2. The Kier molecular flexibility index (Phi) is 7.20. The summed E-state index contributed by atoms with van der Waals surface area (Å²) < 4.78 is 10.2. The minimum atomic E-state index is -0.962. The third-order valence-corrected chi connectivity index (χ3v) is 3.90. The molecule has 0 atom stereocenters. The summed E-state index contributed by atoms with van der Waals surface area (Å²) in [4.78, 5) is 34.7. The van der Waals surface area contributed by atoms with E-state index in [1.165, 1.54) is 18.2 Å². The van der Waals surface area contributed by atoms with E-state index in [1.54, 1.807) is 37.3 Å².